The lowest BCUT2D eigenvalue weighted by molar-refractivity contribution is -0.121. The molecule has 0 spiro atoms. The Bertz CT molecular complexity index is 7520. The molecule has 0 unspecified atom stereocenters. The second kappa shape index (κ2) is 48.2. The number of nitrogens with zero attached hydrogens (tertiary/aromatic N) is 4. The third-order valence-corrected chi connectivity index (χ3v) is 21.4. The topological polar surface area (TPSA) is 355 Å². The molecule has 13 aromatic carbocycles. The molecule has 0 saturated carbocycles. The fourth-order valence-electron chi connectivity index (χ4n) is 12.9. The molecule has 1 aliphatic rings. The van der Waals surface area contributed by atoms with E-state index in [0.29, 0.717) is 165 Å². The summed E-state index contributed by atoms with van der Waals surface area (Å²) in [5.41, 5.74) is 4.80. The van der Waals surface area contributed by atoms with Crippen LogP contribution >= 0.6 is 63.7 Å². The van der Waals surface area contributed by atoms with Crippen molar-refractivity contribution in [1.29, 1.82) is 10.5 Å². The second-order valence-electron chi connectivity index (χ2n) is 29.5. The average Bonchev–Trinajstić information content (AvgIpc) is 0.784. The van der Waals surface area contributed by atoms with Crippen molar-refractivity contribution in [3.63, 3.8) is 0 Å². The van der Waals surface area contributed by atoms with Crippen molar-refractivity contribution in [3.05, 3.63) is 383 Å². The minimum Gasteiger partial charge on any atom is -0.478 e. The number of hydrogen-bond acceptors (Lipinski definition) is 20. The molecule has 0 bridgehead atoms. The number of piperidine rings is 1. The van der Waals surface area contributed by atoms with E-state index in [0.717, 1.165) is 19.2 Å². The maximum Gasteiger partial charge on any atom is 0.410 e. The van der Waals surface area contributed by atoms with Crippen molar-refractivity contribution >= 4 is 187 Å². The first-order chi connectivity index (χ1) is 63.3. The highest BCUT2D eigenvalue weighted by Crippen LogP contribution is 2.32. The molecular formula is C105H87Br4FN4O20. The fraction of sp³-hybridized carbons (Fsp3) is 0.143. The van der Waals surface area contributed by atoms with E-state index in [9.17, 15) is 52.3 Å². The van der Waals surface area contributed by atoms with E-state index in [2.05, 4.69) is 74.5 Å². The van der Waals surface area contributed by atoms with Gasteiger partial charge in [-0.15, -0.1) is 0 Å². The molecule has 4 aromatic heterocycles. The highest BCUT2D eigenvalue weighted by Gasteiger charge is 2.26. The number of benzene rings is 13. The van der Waals surface area contributed by atoms with Crippen molar-refractivity contribution in [1.82, 2.24) is 9.80 Å². The summed E-state index contributed by atoms with van der Waals surface area (Å²) in [5, 5.41) is 39.3. The number of Topliss-reactive ketones (excluding diaryl/α,β-unsaturated/α-hetero) is 1. The first-order valence-electron chi connectivity index (χ1n) is 40.5. The zero-order valence-electron chi connectivity index (χ0n) is 71.3. The molecule has 1 aliphatic heterocycles. The molecule has 2 amide bonds. The lowest BCUT2D eigenvalue weighted by atomic mass is 10.1. The number of carboxylic acid groups (broad SMARTS) is 2. The van der Waals surface area contributed by atoms with Crippen LogP contribution in [0.5, 0.6) is 23.0 Å². The lowest BCUT2D eigenvalue weighted by Crippen LogP contribution is -2.41. The number of carbonyl (C=O) groups is 6. The van der Waals surface area contributed by atoms with Crippen LogP contribution in [0.4, 0.5) is 9.18 Å². The van der Waals surface area contributed by atoms with E-state index >= 15 is 0 Å². The molecule has 24 nitrogen and oxygen atoms in total. The number of aromatic carboxylic acids is 2. The number of carbonyl (C=O) groups excluding carboxylic acids is 4. The summed E-state index contributed by atoms with van der Waals surface area (Å²) in [6.07, 6.45) is 0.600. The largest absolute Gasteiger partial charge is 0.478 e. The SMILES string of the molecule is C.C.CC(C)(C)OC(=O)N1CCC(=O)CC1.CCN(CC)C(=O)c1ccc2c(=O)c3ccccc3oc2c1.COC(=O)c1ccc2c(=O)c3ccccc3oc2c1.N#Cc1ccc(Br)cc1F.N#Cc1ccc(Br)cc1Oc1ccccc1.O=C(O)c1ccc(Br)cc1Oc1ccccc1.O=C(O)c1ccc2c(=O)c3ccccc3oc2c1.O=c1c2ccccc2oc2cc(Br)ccc12. The Balaban J connectivity index is 0.000000173. The van der Waals surface area contributed by atoms with Crippen LogP contribution in [0, 0.1) is 28.5 Å². The van der Waals surface area contributed by atoms with Gasteiger partial charge in [0.1, 0.15) is 103 Å². The molecular weight excluding hydrogens is 1980 g/mol. The predicted octanol–water partition coefficient (Wildman–Crippen LogP) is 25.9. The molecule has 0 atom stereocenters. The molecule has 1 saturated heterocycles. The van der Waals surface area contributed by atoms with Gasteiger partial charge < -0.3 is 56.6 Å². The Morgan fingerprint density at radius 3 is 1.17 bits per heavy atom. The first kappa shape index (κ1) is 103. The van der Waals surface area contributed by atoms with Crippen LogP contribution in [-0.2, 0) is 14.3 Å². The summed E-state index contributed by atoms with van der Waals surface area (Å²) in [7, 11) is 1.31. The first-order valence-corrected chi connectivity index (χ1v) is 43.7. The zero-order valence-corrected chi connectivity index (χ0v) is 77.6. The van der Waals surface area contributed by atoms with Crippen molar-refractivity contribution in [2.75, 3.05) is 33.3 Å². The number of ketones is 1. The number of halogens is 5. The third-order valence-electron chi connectivity index (χ3n) is 19.4. The van der Waals surface area contributed by atoms with E-state index in [1.54, 1.807) is 168 Å². The van der Waals surface area contributed by atoms with Crippen molar-refractivity contribution in [3.8, 4) is 35.1 Å². The van der Waals surface area contributed by atoms with Gasteiger partial charge in [-0.25, -0.2) is 23.6 Å². The van der Waals surface area contributed by atoms with E-state index in [-0.39, 0.29) is 71.0 Å². The Labute approximate surface area is 801 Å². The number of hydrogen-bond donors (Lipinski definition) is 2. The van der Waals surface area contributed by atoms with Gasteiger partial charge in [-0.2, -0.15) is 10.5 Å². The number of likely N-dealkylation sites (tertiary alicyclic amines) is 1. The Kier molecular flexibility index (Phi) is 37.0. The predicted molar refractivity (Wildman–Crippen MR) is 531 cm³/mol. The number of rotatable bonds is 10. The summed E-state index contributed by atoms with van der Waals surface area (Å²) in [5.74, 6) is -0.635. The molecule has 0 radical (unpaired) electrons. The highest BCUT2D eigenvalue weighted by molar-refractivity contribution is 9.11. The normalized spacial score (nSPS) is 11.1. The van der Waals surface area contributed by atoms with Crippen LogP contribution in [0.1, 0.15) is 115 Å². The van der Waals surface area contributed by atoms with Crippen molar-refractivity contribution in [2.45, 2.75) is 67.9 Å². The van der Waals surface area contributed by atoms with Gasteiger partial charge in [-0.1, -0.05) is 164 Å². The van der Waals surface area contributed by atoms with Crippen LogP contribution in [0.3, 0.4) is 0 Å². The van der Waals surface area contributed by atoms with E-state index in [4.69, 9.17) is 52.6 Å². The van der Waals surface area contributed by atoms with Crippen LogP contribution in [-0.4, -0.2) is 94.6 Å². The summed E-state index contributed by atoms with van der Waals surface area (Å²) in [6.45, 7) is 11.7. The summed E-state index contributed by atoms with van der Waals surface area (Å²) in [4.78, 5) is 121. The van der Waals surface area contributed by atoms with Crippen LogP contribution in [0.15, 0.2) is 340 Å². The van der Waals surface area contributed by atoms with Gasteiger partial charge in [0, 0.05) is 62.5 Å². The average molecular weight is 2060 g/mol. The number of nitriles is 2. The van der Waals surface area contributed by atoms with Crippen LogP contribution in [0.2, 0.25) is 0 Å². The number of amides is 2. The number of fused-ring (bicyclic) bond motifs is 8. The molecule has 134 heavy (non-hydrogen) atoms. The van der Waals surface area contributed by atoms with E-state index in [1.807, 2.05) is 126 Å². The van der Waals surface area contributed by atoms with E-state index < -0.39 is 29.3 Å². The monoisotopic (exact) mass is 2060 g/mol. The smallest absolute Gasteiger partial charge is 0.410 e. The quantitative estimate of drug-likeness (QED) is 0.0948. The van der Waals surface area contributed by atoms with E-state index in [1.165, 1.54) is 49.6 Å². The number of ether oxygens (including phenoxy) is 4. The molecule has 18 rings (SSSR count). The Hall–Kier alpha value is -15.0. The maximum atomic E-state index is 12.6. The fourth-order valence-corrected chi connectivity index (χ4v) is 14.2. The minimum atomic E-state index is -1.05. The molecule has 17 aromatic rings. The lowest BCUT2D eigenvalue weighted by Gasteiger charge is -2.29. The summed E-state index contributed by atoms with van der Waals surface area (Å²) in [6, 6.07) is 84.4. The maximum absolute atomic E-state index is 12.6. The Morgan fingerprint density at radius 2 is 0.761 bits per heavy atom. The second-order valence-corrected chi connectivity index (χ2v) is 33.2. The zero-order chi connectivity index (χ0) is 94.9. The van der Waals surface area contributed by atoms with Gasteiger partial charge in [0.2, 0.25) is 21.7 Å². The van der Waals surface area contributed by atoms with Gasteiger partial charge >= 0.3 is 24.0 Å². The molecule has 682 valence electrons. The minimum absolute atomic E-state index is 0. The molecule has 29 heteroatoms. The van der Waals surface area contributed by atoms with Gasteiger partial charge in [0.05, 0.1) is 72.5 Å². The number of para-hydroxylation sites is 6. The third kappa shape index (κ3) is 27.1. The molecule has 2 N–H and O–H groups in total. The molecule has 5 heterocycles. The molecule has 0 aliphatic carbocycles. The van der Waals surface area contributed by atoms with Crippen molar-refractivity contribution in [2.24, 2.45) is 0 Å². The van der Waals surface area contributed by atoms with Crippen LogP contribution < -0.4 is 31.2 Å². The molecule has 1 fully saturated rings. The number of esters is 1. The summed E-state index contributed by atoms with van der Waals surface area (Å²) < 4.78 is 59.5. The van der Waals surface area contributed by atoms with Gasteiger partial charge in [0.25, 0.3) is 5.91 Å². The van der Waals surface area contributed by atoms with Crippen molar-refractivity contribution < 1.29 is 80.0 Å². The Morgan fingerprint density at radius 1 is 0.418 bits per heavy atom. The van der Waals surface area contributed by atoms with Gasteiger partial charge in [-0.05, 0) is 235 Å². The van der Waals surface area contributed by atoms with Gasteiger partial charge in [0.15, 0.2) is 0 Å². The number of carboxylic acids is 2. The van der Waals surface area contributed by atoms with Gasteiger partial charge in [-0.3, -0.25) is 28.8 Å². The number of methoxy groups -OCH3 is 1. The summed E-state index contributed by atoms with van der Waals surface area (Å²) >= 11 is 13.1. The van der Waals surface area contributed by atoms with Crippen LogP contribution in [0.25, 0.3) is 87.8 Å². The standard InChI is InChI=1S/C18H17NO3.C15H10O4.C14H8O4.C13H8BrNO.C13H9BrO3.C13H7BrO2.C10H17NO3.C7H3BrFN.2CH4/c1-3-19(4-2)18(21)12-9-10-14-16(11-12)22-15-8-6-5-7-13(15)17(14)20;1-18-15(17)9-6-7-11-13(8-9)19-12-5-3-2-4-10(12)14(11)16;15-13-9-3-1-2-4-11(9)18-12-7-8(14(16)17)5-6-10(12)13;14-11-7-6-10(9-15)13(8-11)16-12-4-2-1-3-5-12;14-9-6-7-11(13(15)16)12(8-9)17-10-4-2-1-3-5-10;14-8-5-6-10-12(7-8)16-11-4-2-1-3-9(11)13(10)15;1-10(2,3)14-9(13)11-6-4-8(12)5-7-11;8-6-2-1-5(4-10)7(9)3-6;;/h5-11H,3-4H2,1-2H3;2-8H,1H3;1-7H,(H,16,17);1-8H;1-8H,(H,15,16);1-7H;4-7H2,1-3H3;1-3H;2*1H4. The highest BCUT2D eigenvalue weighted by atomic mass is 79.9.